The third kappa shape index (κ3) is 7.54. The molecule has 0 atom stereocenters. The molecule has 1 amide bonds. The van der Waals surface area contributed by atoms with E-state index >= 15 is 0 Å². The minimum Gasteiger partial charge on any atom is -0.508 e. The summed E-state index contributed by atoms with van der Waals surface area (Å²) >= 11 is 0. The highest BCUT2D eigenvalue weighted by Crippen LogP contribution is 2.18. The Morgan fingerprint density at radius 3 is 2.78 bits per heavy atom. The second-order valence-corrected chi connectivity index (χ2v) is 5.34. The van der Waals surface area contributed by atoms with Crippen molar-refractivity contribution in [3.8, 4) is 5.75 Å². The highest BCUT2D eigenvalue weighted by molar-refractivity contribution is 14.0. The normalized spacial score (nSPS) is 13.9. The van der Waals surface area contributed by atoms with Crippen molar-refractivity contribution in [1.29, 1.82) is 0 Å². The first-order valence-corrected chi connectivity index (χ1v) is 7.81. The van der Waals surface area contributed by atoms with Crippen LogP contribution in [0.25, 0.3) is 0 Å². The van der Waals surface area contributed by atoms with E-state index in [-0.39, 0.29) is 35.6 Å². The van der Waals surface area contributed by atoms with E-state index in [9.17, 15) is 9.90 Å². The van der Waals surface area contributed by atoms with Gasteiger partial charge < -0.3 is 21.1 Å². The van der Waals surface area contributed by atoms with Crippen LogP contribution >= 0.6 is 24.0 Å². The predicted octanol–water partition coefficient (Wildman–Crippen LogP) is 1.85. The largest absolute Gasteiger partial charge is 0.508 e. The minimum atomic E-state index is -0.178. The molecular formula is C16H25IN4O2. The van der Waals surface area contributed by atoms with Gasteiger partial charge in [-0.2, -0.15) is 0 Å². The fourth-order valence-corrected chi connectivity index (χ4v) is 1.96. The van der Waals surface area contributed by atoms with Gasteiger partial charge in [0.05, 0.1) is 0 Å². The number of aliphatic imine (C=N–C) groups is 1. The van der Waals surface area contributed by atoms with Gasteiger partial charge in [0.15, 0.2) is 5.96 Å². The number of hydrogen-bond donors (Lipinski definition) is 4. The lowest BCUT2D eigenvalue weighted by Crippen LogP contribution is -2.38. The van der Waals surface area contributed by atoms with Crippen LogP contribution in [0.4, 0.5) is 0 Å². The smallest absolute Gasteiger partial charge is 0.251 e. The number of carbonyl (C=O) groups is 1. The molecule has 0 aliphatic heterocycles. The molecule has 0 spiro atoms. The zero-order valence-electron chi connectivity index (χ0n) is 13.3. The van der Waals surface area contributed by atoms with Crippen LogP contribution in [0, 0.1) is 0 Å². The lowest BCUT2D eigenvalue weighted by molar-refractivity contribution is 0.0953. The maximum Gasteiger partial charge on any atom is 0.251 e. The molecule has 7 heteroatoms. The summed E-state index contributed by atoms with van der Waals surface area (Å²) in [7, 11) is 0. The molecule has 1 aliphatic rings. The molecule has 1 aromatic carbocycles. The maximum atomic E-state index is 11.9. The van der Waals surface area contributed by atoms with Gasteiger partial charge in [-0.15, -0.1) is 24.0 Å². The first-order valence-electron chi connectivity index (χ1n) is 7.81. The Morgan fingerprint density at radius 2 is 2.13 bits per heavy atom. The van der Waals surface area contributed by atoms with Crippen LogP contribution in [0.15, 0.2) is 29.3 Å². The summed E-state index contributed by atoms with van der Waals surface area (Å²) in [5.41, 5.74) is 0.465. The topological polar surface area (TPSA) is 85.8 Å². The number of hydrogen-bond acceptors (Lipinski definition) is 3. The molecule has 2 rings (SSSR count). The van der Waals surface area contributed by atoms with Crippen molar-refractivity contribution >= 4 is 35.8 Å². The zero-order valence-corrected chi connectivity index (χ0v) is 15.7. The lowest BCUT2D eigenvalue weighted by Gasteiger charge is -2.10. The molecule has 0 radical (unpaired) electrons. The Morgan fingerprint density at radius 1 is 1.35 bits per heavy atom. The van der Waals surface area contributed by atoms with E-state index in [0.717, 1.165) is 18.9 Å². The van der Waals surface area contributed by atoms with Gasteiger partial charge in [-0.25, -0.2) is 0 Å². The zero-order chi connectivity index (χ0) is 15.8. The van der Waals surface area contributed by atoms with Crippen molar-refractivity contribution in [2.75, 3.05) is 19.6 Å². The molecule has 0 heterocycles. The molecule has 0 bridgehead atoms. The van der Waals surface area contributed by atoms with E-state index in [0.29, 0.717) is 24.7 Å². The van der Waals surface area contributed by atoms with E-state index in [2.05, 4.69) is 20.9 Å². The van der Waals surface area contributed by atoms with Crippen LogP contribution in [0.1, 0.15) is 36.5 Å². The van der Waals surface area contributed by atoms with Crippen molar-refractivity contribution in [3.63, 3.8) is 0 Å². The van der Waals surface area contributed by atoms with E-state index in [1.807, 2.05) is 6.92 Å². The number of guanidine groups is 1. The molecule has 1 aliphatic carbocycles. The van der Waals surface area contributed by atoms with Crippen molar-refractivity contribution in [3.05, 3.63) is 29.8 Å². The summed E-state index contributed by atoms with van der Waals surface area (Å²) in [6, 6.07) is 6.90. The van der Waals surface area contributed by atoms with E-state index < -0.39 is 0 Å². The van der Waals surface area contributed by atoms with Gasteiger partial charge in [0, 0.05) is 31.2 Å². The SMILES string of the molecule is CCNC(=NCCCNC(=O)c1cccc(O)c1)NC1CC1.I. The third-order valence-electron chi connectivity index (χ3n) is 3.26. The van der Waals surface area contributed by atoms with Gasteiger partial charge in [0.25, 0.3) is 5.91 Å². The Bertz CT molecular complexity index is 533. The first-order chi connectivity index (χ1) is 10.7. The molecule has 4 N–H and O–H groups in total. The monoisotopic (exact) mass is 432 g/mol. The number of phenols is 1. The first kappa shape index (κ1) is 19.5. The van der Waals surface area contributed by atoms with Crippen LogP contribution in [0.2, 0.25) is 0 Å². The summed E-state index contributed by atoms with van der Waals surface area (Å²) in [6.45, 7) is 4.09. The van der Waals surface area contributed by atoms with E-state index in [1.54, 1.807) is 18.2 Å². The van der Waals surface area contributed by atoms with Gasteiger partial charge in [0.1, 0.15) is 5.75 Å². The lowest BCUT2D eigenvalue weighted by atomic mass is 10.2. The molecule has 0 saturated heterocycles. The third-order valence-corrected chi connectivity index (χ3v) is 3.26. The Kier molecular flexibility index (Phi) is 8.75. The highest BCUT2D eigenvalue weighted by atomic mass is 127. The Labute approximate surface area is 154 Å². The molecule has 0 aromatic heterocycles. The number of nitrogens with one attached hydrogen (secondary N) is 3. The summed E-state index contributed by atoms with van der Waals surface area (Å²) in [6.07, 6.45) is 3.20. The van der Waals surface area contributed by atoms with Crippen molar-refractivity contribution in [2.45, 2.75) is 32.2 Å². The number of amides is 1. The average Bonchev–Trinajstić information content (AvgIpc) is 3.31. The van der Waals surface area contributed by atoms with Crippen molar-refractivity contribution in [2.24, 2.45) is 4.99 Å². The molecule has 0 unspecified atom stereocenters. The van der Waals surface area contributed by atoms with E-state index in [1.165, 1.54) is 18.9 Å². The highest BCUT2D eigenvalue weighted by Gasteiger charge is 2.21. The Balaban J connectivity index is 0.00000264. The summed E-state index contributed by atoms with van der Waals surface area (Å²) in [4.78, 5) is 16.3. The van der Waals surface area contributed by atoms with Gasteiger partial charge >= 0.3 is 0 Å². The fourth-order valence-electron chi connectivity index (χ4n) is 1.96. The van der Waals surface area contributed by atoms with Gasteiger partial charge in [-0.3, -0.25) is 9.79 Å². The van der Waals surface area contributed by atoms with Gasteiger partial charge in [0.2, 0.25) is 0 Å². The van der Waals surface area contributed by atoms with Crippen LogP contribution in [0.3, 0.4) is 0 Å². The molecule has 128 valence electrons. The Hall–Kier alpha value is -1.51. The number of halogens is 1. The second-order valence-electron chi connectivity index (χ2n) is 5.34. The quantitative estimate of drug-likeness (QED) is 0.229. The molecule has 1 saturated carbocycles. The van der Waals surface area contributed by atoms with Crippen LogP contribution < -0.4 is 16.0 Å². The van der Waals surface area contributed by atoms with Gasteiger partial charge in [-0.05, 0) is 44.4 Å². The predicted molar refractivity (Wildman–Crippen MR) is 103 cm³/mol. The average molecular weight is 432 g/mol. The maximum absolute atomic E-state index is 11.9. The van der Waals surface area contributed by atoms with Crippen molar-refractivity contribution in [1.82, 2.24) is 16.0 Å². The molecule has 1 fully saturated rings. The number of benzene rings is 1. The van der Waals surface area contributed by atoms with Crippen molar-refractivity contribution < 1.29 is 9.90 Å². The summed E-state index contributed by atoms with van der Waals surface area (Å²) in [5, 5.41) is 18.7. The standard InChI is InChI=1S/C16H24N4O2.HI/c1-2-17-16(20-13-7-8-13)19-10-4-9-18-15(22)12-5-3-6-14(21)11-12;/h3,5-6,11,13,21H,2,4,7-10H2,1H3,(H,18,22)(H2,17,19,20);1H. The van der Waals surface area contributed by atoms with E-state index in [4.69, 9.17) is 0 Å². The minimum absolute atomic E-state index is 0. The number of nitrogens with zero attached hydrogens (tertiary/aromatic N) is 1. The van der Waals surface area contributed by atoms with Crippen LogP contribution in [0.5, 0.6) is 5.75 Å². The van der Waals surface area contributed by atoms with Gasteiger partial charge in [-0.1, -0.05) is 6.07 Å². The molecule has 1 aromatic rings. The number of phenolic OH excluding ortho intramolecular Hbond substituents is 1. The number of aromatic hydroxyl groups is 1. The molecule has 23 heavy (non-hydrogen) atoms. The fraction of sp³-hybridized carbons (Fsp3) is 0.500. The van der Waals surface area contributed by atoms with Crippen LogP contribution in [-0.4, -0.2) is 42.6 Å². The molecule has 6 nitrogen and oxygen atoms in total. The number of carbonyl (C=O) groups excluding carboxylic acids is 1. The summed E-state index contributed by atoms with van der Waals surface area (Å²) < 4.78 is 0. The second kappa shape index (κ2) is 10.3. The molecular weight excluding hydrogens is 407 g/mol. The number of rotatable bonds is 7. The van der Waals surface area contributed by atoms with Crippen LogP contribution in [-0.2, 0) is 0 Å². The summed E-state index contributed by atoms with van der Waals surface area (Å²) in [5.74, 6) is 0.769.